The van der Waals surface area contributed by atoms with Crippen LogP contribution < -0.4 is 5.73 Å². The normalized spacial score (nSPS) is 9.81. The third-order valence-corrected chi connectivity index (χ3v) is 4.07. The van der Waals surface area contributed by atoms with Crippen LogP contribution in [0.1, 0.15) is 11.1 Å². The Morgan fingerprint density at radius 3 is 1.92 bits per heavy atom. The predicted octanol–water partition coefficient (Wildman–Crippen LogP) is 4.45. The summed E-state index contributed by atoms with van der Waals surface area (Å²) in [6, 6.07) is 18.6. The molecule has 2 heterocycles. The zero-order valence-electron chi connectivity index (χ0n) is 13.5. The quantitative estimate of drug-likeness (QED) is 0.469. The maximum absolute atomic E-state index is 8.68. The molecule has 4 aromatic rings. The molecular weight excluding hydrogens is 346 g/mol. The number of hydrogen-bond donors (Lipinski definition) is 1. The molecule has 2 aromatic carbocycles. The van der Waals surface area contributed by atoms with Crippen molar-refractivity contribution < 1.29 is 0 Å². The first kappa shape index (κ1) is 17.2. The van der Waals surface area contributed by atoms with Gasteiger partial charge in [-0.3, -0.25) is 0 Å². The first-order valence-electron chi connectivity index (χ1n) is 7.61. The molecule has 0 saturated carbocycles. The number of benzene rings is 2. The van der Waals surface area contributed by atoms with Gasteiger partial charge in [-0.25, -0.2) is 9.97 Å². The Morgan fingerprint density at radius 2 is 1.31 bits per heavy atom. The number of nitrogens with zero attached hydrogens (tertiary/aromatic N) is 4. The summed E-state index contributed by atoms with van der Waals surface area (Å²) >= 11 is 5.87. The highest BCUT2D eigenvalue weighted by atomic mass is 35.5. The molecule has 0 aliphatic heterocycles. The standard InChI is InChI=1S/C10H5ClN2.C10H7N3/c11-10-9-5-7(6-12)1-2-8(9)3-4-13-10;11-6-7-1-2-8-3-4-13-10(12)9(8)5-7/h1-5H;1-5H,(H2,12,13). The van der Waals surface area contributed by atoms with E-state index in [4.69, 9.17) is 27.9 Å². The van der Waals surface area contributed by atoms with Gasteiger partial charge >= 0.3 is 0 Å². The Bertz CT molecular complexity index is 1090. The van der Waals surface area contributed by atoms with Crippen molar-refractivity contribution in [3.63, 3.8) is 0 Å². The molecule has 26 heavy (non-hydrogen) atoms. The van der Waals surface area contributed by atoms with Crippen LogP contribution in [0.2, 0.25) is 5.15 Å². The minimum absolute atomic E-state index is 0.439. The van der Waals surface area contributed by atoms with Crippen LogP contribution in [0.5, 0.6) is 0 Å². The van der Waals surface area contributed by atoms with E-state index >= 15 is 0 Å². The maximum Gasteiger partial charge on any atom is 0.136 e. The summed E-state index contributed by atoms with van der Waals surface area (Å²) in [5, 5.41) is 21.5. The molecule has 4 rings (SSSR count). The van der Waals surface area contributed by atoms with Gasteiger partial charge in [-0.2, -0.15) is 10.5 Å². The Kier molecular flexibility index (Phi) is 4.94. The van der Waals surface area contributed by atoms with Gasteiger partial charge in [0.15, 0.2) is 0 Å². The number of fused-ring (bicyclic) bond motifs is 2. The Balaban J connectivity index is 0.000000151. The van der Waals surface area contributed by atoms with Crippen molar-refractivity contribution in [1.29, 1.82) is 10.5 Å². The number of rotatable bonds is 0. The van der Waals surface area contributed by atoms with Gasteiger partial charge in [-0.15, -0.1) is 0 Å². The van der Waals surface area contributed by atoms with Gasteiger partial charge < -0.3 is 5.73 Å². The molecule has 6 heteroatoms. The molecule has 0 aliphatic carbocycles. The summed E-state index contributed by atoms with van der Waals surface area (Å²) in [5.74, 6) is 0.467. The third kappa shape index (κ3) is 3.54. The molecule has 2 N–H and O–H groups in total. The molecule has 0 aliphatic rings. The van der Waals surface area contributed by atoms with E-state index in [1.165, 1.54) is 0 Å². The third-order valence-electron chi connectivity index (χ3n) is 3.77. The lowest BCUT2D eigenvalue weighted by atomic mass is 10.1. The minimum atomic E-state index is 0.439. The Morgan fingerprint density at radius 1 is 0.769 bits per heavy atom. The van der Waals surface area contributed by atoms with E-state index < -0.39 is 0 Å². The Labute approximate surface area is 154 Å². The number of nitrogens with two attached hydrogens (primary N) is 1. The van der Waals surface area contributed by atoms with Crippen molar-refractivity contribution in [2.45, 2.75) is 0 Å². The second kappa shape index (κ2) is 7.48. The molecular formula is C20H12ClN5. The molecule has 0 saturated heterocycles. The highest BCUT2D eigenvalue weighted by molar-refractivity contribution is 6.34. The lowest BCUT2D eigenvalue weighted by molar-refractivity contribution is 1.36. The SMILES string of the molecule is N#Cc1ccc2ccnc(Cl)c2c1.N#Cc1ccc2ccnc(N)c2c1. The molecule has 0 amide bonds. The summed E-state index contributed by atoms with van der Waals surface area (Å²) in [7, 11) is 0. The van der Waals surface area contributed by atoms with Crippen LogP contribution in [-0.2, 0) is 0 Å². The van der Waals surface area contributed by atoms with Crippen molar-refractivity contribution in [2.75, 3.05) is 5.73 Å². The van der Waals surface area contributed by atoms with Crippen LogP contribution >= 0.6 is 11.6 Å². The molecule has 2 aromatic heterocycles. The van der Waals surface area contributed by atoms with Crippen molar-refractivity contribution >= 4 is 39.0 Å². The molecule has 0 radical (unpaired) electrons. The lowest BCUT2D eigenvalue weighted by Gasteiger charge is -1.99. The largest absolute Gasteiger partial charge is 0.383 e. The summed E-state index contributed by atoms with van der Waals surface area (Å²) in [5.41, 5.74) is 6.86. The van der Waals surface area contributed by atoms with E-state index in [1.54, 1.807) is 36.7 Å². The van der Waals surface area contributed by atoms with E-state index in [2.05, 4.69) is 22.1 Å². The number of halogens is 1. The van der Waals surface area contributed by atoms with Crippen molar-refractivity contribution in [1.82, 2.24) is 9.97 Å². The van der Waals surface area contributed by atoms with Gasteiger partial charge in [0.1, 0.15) is 11.0 Å². The average Bonchev–Trinajstić information content (AvgIpc) is 2.69. The van der Waals surface area contributed by atoms with Gasteiger partial charge in [-0.1, -0.05) is 23.7 Å². The van der Waals surface area contributed by atoms with Gasteiger partial charge in [-0.05, 0) is 47.2 Å². The van der Waals surface area contributed by atoms with Gasteiger partial charge in [0.05, 0.1) is 23.3 Å². The van der Waals surface area contributed by atoms with Crippen molar-refractivity contribution in [3.05, 3.63) is 77.2 Å². The number of nitrogen functional groups attached to an aromatic ring is 1. The highest BCUT2D eigenvalue weighted by Gasteiger charge is 2.00. The van der Waals surface area contributed by atoms with E-state index in [0.29, 0.717) is 22.1 Å². The first-order chi connectivity index (χ1) is 12.6. The molecule has 0 fully saturated rings. The lowest BCUT2D eigenvalue weighted by Crippen LogP contribution is -1.90. The van der Waals surface area contributed by atoms with Crippen LogP contribution in [0.3, 0.4) is 0 Å². The number of aromatic nitrogens is 2. The smallest absolute Gasteiger partial charge is 0.136 e. The first-order valence-corrected chi connectivity index (χ1v) is 7.99. The summed E-state index contributed by atoms with van der Waals surface area (Å²) in [6.07, 6.45) is 3.31. The second-order valence-electron chi connectivity index (χ2n) is 5.39. The predicted molar refractivity (Wildman–Crippen MR) is 102 cm³/mol. The fourth-order valence-corrected chi connectivity index (χ4v) is 2.68. The van der Waals surface area contributed by atoms with Crippen molar-refractivity contribution in [2.24, 2.45) is 0 Å². The van der Waals surface area contributed by atoms with E-state index in [9.17, 15) is 0 Å². The topological polar surface area (TPSA) is 99.4 Å². The van der Waals surface area contributed by atoms with E-state index in [0.717, 1.165) is 21.5 Å². The number of nitriles is 2. The molecule has 0 spiro atoms. The van der Waals surface area contributed by atoms with Gasteiger partial charge in [0.2, 0.25) is 0 Å². The van der Waals surface area contributed by atoms with E-state index in [1.807, 2.05) is 24.3 Å². The number of hydrogen-bond acceptors (Lipinski definition) is 5. The summed E-state index contributed by atoms with van der Waals surface area (Å²) in [6.45, 7) is 0. The molecule has 0 atom stereocenters. The molecule has 0 unspecified atom stereocenters. The van der Waals surface area contributed by atoms with Crippen molar-refractivity contribution in [3.8, 4) is 12.1 Å². The number of pyridine rings is 2. The van der Waals surface area contributed by atoms with Crippen LogP contribution in [0.4, 0.5) is 5.82 Å². The fourth-order valence-electron chi connectivity index (χ4n) is 2.46. The zero-order chi connectivity index (χ0) is 18.5. The second-order valence-corrected chi connectivity index (χ2v) is 5.75. The summed E-state index contributed by atoms with van der Waals surface area (Å²) < 4.78 is 0. The average molecular weight is 358 g/mol. The van der Waals surface area contributed by atoms with E-state index in [-0.39, 0.29) is 0 Å². The highest BCUT2D eigenvalue weighted by Crippen LogP contribution is 2.21. The van der Waals surface area contributed by atoms with Crippen LogP contribution in [0.15, 0.2) is 60.9 Å². The molecule has 0 bridgehead atoms. The van der Waals surface area contributed by atoms with Gasteiger partial charge in [0, 0.05) is 23.2 Å². The minimum Gasteiger partial charge on any atom is -0.383 e. The monoisotopic (exact) mass is 357 g/mol. The fraction of sp³-hybridized carbons (Fsp3) is 0. The maximum atomic E-state index is 8.68. The zero-order valence-corrected chi connectivity index (χ0v) is 14.3. The Hall–Kier alpha value is -3.67. The number of anilines is 1. The van der Waals surface area contributed by atoms with Crippen LogP contribution in [0, 0.1) is 22.7 Å². The van der Waals surface area contributed by atoms with Gasteiger partial charge in [0.25, 0.3) is 0 Å². The molecule has 124 valence electrons. The van der Waals surface area contributed by atoms with Crippen LogP contribution in [0.25, 0.3) is 21.5 Å². The summed E-state index contributed by atoms with van der Waals surface area (Å²) in [4.78, 5) is 7.89. The van der Waals surface area contributed by atoms with Crippen LogP contribution in [-0.4, -0.2) is 9.97 Å². The molecule has 5 nitrogen and oxygen atoms in total.